The first-order valence-corrected chi connectivity index (χ1v) is 5.16. The summed E-state index contributed by atoms with van der Waals surface area (Å²) >= 11 is 7.15. The van der Waals surface area contributed by atoms with E-state index in [4.69, 9.17) is 16.0 Å². The van der Waals surface area contributed by atoms with Crippen LogP contribution in [0.4, 0.5) is 0 Å². The molecule has 0 aliphatic rings. The fourth-order valence-electron chi connectivity index (χ4n) is 0.652. The van der Waals surface area contributed by atoms with Crippen molar-refractivity contribution in [3.63, 3.8) is 0 Å². The first kappa shape index (κ1) is 8.87. The standard InChI is InChI=1S/C6H9ClN2OS/c1-11-4-6-9-8-5(10-6)2-3-7/h2-4H2,1H3. The van der Waals surface area contributed by atoms with Crippen LogP contribution in [0.3, 0.4) is 0 Å². The van der Waals surface area contributed by atoms with Gasteiger partial charge in [-0.2, -0.15) is 11.8 Å². The molecule has 1 aromatic rings. The number of hydrogen-bond acceptors (Lipinski definition) is 4. The van der Waals surface area contributed by atoms with Crippen LogP contribution in [-0.4, -0.2) is 22.3 Å². The number of rotatable bonds is 4. The quantitative estimate of drug-likeness (QED) is 0.681. The highest BCUT2D eigenvalue weighted by Crippen LogP contribution is 2.07. The minimum absolute atomic E-state index is 0.529. The summed E-state index contributed by atoms with van der Waals surface area (Å²) in [5, 5.41) is 7.64. The topological polar surface area (TPSA) is 38.9 Å². The second kappa shape index (κ2) is 4.62. The predicted molar refractivity (Wildman–Crippen MR) is 45.9 cm³/mol. The summed E-state index contributed by atoms with van der Waals surface area (Å²) in [5.41, 5.74) is 0. The molecule has 0 amide bonds. The fraction of sp³-hybridized carbons (Fsp3) is 0.667. The summed E-state index contributed by atoms with van der Waals surface area (Å²) < 4.78 is 5.24. The Morgan fingerprint density at radius 2 is 2.18 bits per heavy atom. The van der Waals surface area contributed by atoms with E-state index in [1.54, 1.807) is 11.8 Å². The average molecular weight is 193 g/mol. The molecule has 0 unspecified atom stereocenters. The van der Waals surface area contributed by atoms with Gasteiger partial charge in [-0.1, -0.05) is 0 Å². The molecule has 1 aromatic heterocycles. The molecule has 11 heavy (non-hydrogen) atoms. The lowest BCUT2D eigenvalue weighted by Gasteiger charge is -1.86. The maximum Gasteiger partial charge on any atom is 0.226 e. The molecule has 0 saturated carbocycles. The molecule has 0 aliphatic carbocycles. The van der Waals surface area contributed by atoms with Gasteiger partial charge in [0.15, 0.2) is 0 Å². The Labute approximate surface area is 74.5 Å². The second-order valence-corrected chi connectivity index (χ2v) is 3.21. The molecule has 0 fully saturated rings. The van der Waals surface area contributed by atoms with E-state index in [0.29, 0.717) is 24.1 Å². The monoisotopic (exact) mass is 192 g/mol. The average Bonchev–Trinajstić information content (AvgIpc) is 2.38. The van der Waals surface area contributed by atoms with E-state index < -0.39 is 0 Å². The van der Waals surface area contributed by atoms with Crippen molar-refractivity contribution in [2.45, 2.75) is 12.2 Å². The Hall–Kier alpha value is -0.220. The molecular weight excluding hydrogens is 184 g/mol. The first-order valence-electron chi connectivity index (χ1n) is 3.23. The first-order chi connectivity index (χ1) is 5.36. The number of hydrogen-bond donors (Lipinski definition) is 0. The zero-order chi connectivity index (χ0) is 8.10. The number of halogens is 1. The van der Waals surface area contributed by atoms with E-state index in [-0.39, 0.29) is 0 Å². The van der Waals surface area contributed by atoms with Gasteiger partial charge in [0.05, 0.1) is 5.75 Å². The lowest BCUT2D eigenvalue weighted by atomic mass is 10.5. The zero-order valence-corrected chi connectivity index (χ0v) is 7.78. The van der Waals surface area contributed by atoms with Crippen molar-refractivity contribution >= 4 is 23.4 Å². The van der Waals surface area contributed by atoms with Gasteiger partial charge < -0.3 is 4.42 Å². The van der Waals surface area contributed by atoms with Gasteiger partial charge in [-0.15, -0.1) is 21.8 Å². The minimum Gasteiger partial charge on any atom is -0.424 e. The fourth-order valence-corrected chi connectivity index (χ4v) is 1.18. The number of thioether (sulfide) groups is 1. The van der Waals surface area contributed by atoms with Gasteiger partial charge in [0.25, 0.3) is 0 Å². The molecule has 0 aliphatic heterocycles. The highest BCUT2D eigenvalue weighted by atomic mass is 35.5. The Bertz CT molecular complexity index is 196. The molecule has 5 heteroatoms. The molecule has 0 radical (unpaired) electrons. The number of nitrogens with zero attached hydrogens (tertiary/aromatic N) is 2. The van der Waals surface area contributed by atoms with Gasteiger partial charge in [0.1, 0.15) is 0 Å². The SMILES string of the molecule is CSCc1nnc(CCCl)o1. The van der Waals surface area contributed by atoms with Gasteiger partial charge in [-0.3, -0.25) is 0 Å². The number of alkyl halides is 1. The van der Waals surface area contributed by atoms with Gasteiger partial charge in [0.2, 0.25) is 11.8 Å². The van der Waals surface area contributed by atoms with Crippen LogP contribution < -0.4 is 0 Å². The van der Waals surface area contributed by atoms with Crippen molar-refractivity contribution in [3.8, 4) is 0 Å². The maximum atomic E-state index is 5.49. The summed E-state index contributed by atoms with van der Waals surface area (Å²) in [7, 11) is 0. The van der Waals surface area contributed by atoms with Crippen LogP contribution in [0.5, 0.6) is 0 Å². The second-order valence-electron chi connectivity index (χ2n) is 1.96. The molecule has 0 N–H and O–H groups in total. The van der Waals surface area contributed by atoms with E-state index in [1.165, 1.54) is 0 Å². The molecule has 3 nitrogen and oxygen atoms in total. The lowest BCUT2D eigenvalue weighted by molar-refractivity contribution is 0.470. The number of aromatic nitrogens is 2. The molecule has 62 valence electrons. The van der Waals surface area contributed by atoms with E-state index in [2.05, 4.69) is 10.2 Å². The molecular formula is C6H9ClN2OS. The Morgan fingerprint density at radius 3 is 2.82 bits per heavy atom. The summed E-state index contributed by atoms with van der Waals surface area (Å²) in [5.74, 6) is 2.61. The van der Waals surface area contributed by atoms with Crippen molar-refractivity contribution in [2.24, 2.45) is 0 Å². The molecule has 1 rings (SSSR count). The van der Waals surface area contributed by atoms with Crippen LogP contribution in [0.25, 0.3) is 0 Å². The summed E-state index contributed by atoms with van der Waals surface area (Å²) in [6.07, 6.45) is 2.65. The molecule has 0 atom stereocenters. The van der Waals surface area contributed by atoms with Crippen molar-refractivity contribution in [2.75, 3.05) is 12.1 Å². The number of aryl methyl sites for hydroxylation is 1. The van der Waals surface area contributed by atoms with Crippen LogP contribution >= 0.6 is 23.4 Å². The van der Waals surface area contributed by atoms with Gasteiger partial charge >= 0.3 is 0 Å². The van der Waals surface area contributed by atoms with Crippen LogP contribution in [0.2, 0.25) is 0 Å². The normalized spacial score (nSPS) is 10.4. The predicted octanol–water partition coefficient (Wildman–Crippen LogP) is 1.71. The van der Waals surface area contributed by atoms with Crippen LogP contribution in [0.15, 0.2) is 4.42 Å². The lowest BCUT2D eigenvalue weighted by Crippen LogP contribution is -1.84. The van der Waals surface area contributed by atoms with Crippen LogP contribution in [0.1, 0.15) is 11.8 Å². The minimum atomic E-state index is 0.529. The van der Waals surface area contributed by atoms with E-state index in [9.17, 15) is 0 Å². The Morgan fingerprint density at radius 1 is 1.45 bits per heavy atom. The molecule has 0 saturated heterocycles. The maximum absolute atomic E-state index is 5.49. The third-order valence-corrected chi connectivity index (χ3v) is 1.81. The molecule has 1 heterocycles. The third kappa shape index (κ3) is 2.71. The summed E-state index contributed by atoms with van der Waals surface area (Å²) in [4.78, 5) is 0. The molecule has 0 spiro atoms. The highest BCUT2D eigenvalue weighted by Gasteiger charge is 2.03. The van der Waals surface area contributed by atoms with E-state index in [1.807, 2.05) is 6.26 Å². The van der Waals surface area contributed by atoms with Gasteiger partial charge in [0, 0.05) is 12.3 Å². The smallest absolute Gasteiger partial charge is 0.226 e. The van der Waals surface area contributed by atoms with Crippen LogP contribution in [-0.2, 0) is 12.2 Å². The van der Waals surface area contributed by atoms with Crippen molar-refractivity contribution in [1.82, 2.24) is 10.2 Å². The Balaban J connectivity index is 2.51. The van der Waals surface area contributed by atoms with Crippen molar-refractivity contribution < 1.29 is 4.42 Å². The summed E-state index contributed by atoms with van der Waals surface area (Å²) in [6, 6.07) is 0. The van der Waals surface area contributed by atoms with E-state index in [0.717, 1.165) is 5.75 Å². The zero-order valence-electron chi connectivity index (χ0n) is 6.21. The Kier molecular flexibility index (Phi) is 3.72. The van der Waals surface area contributed by atoms with Gasteiger partial charge in [-0.05, 0) is 6.26 Å². The largest absolute Gasteiger partial charge is 0.424 e. The van der Waals surface area contributed by atoms with E-state index >= 15 is 0 Å². The van der Waals surface area contributed by atoms with Crippen molar-refractivity contribution in [1.29, 1.82) is 0 Å². The molecule has 0 bridgehead atoms. The van der Waals surface area contributed by atoms with Gasteiger partial charge in [-0.25, -0.2) is 0 Å². The molecule has 0 aromatic carbocycles. The third-order valence-electron chi connectivity index (χ3n) is 1.08. The van der Waals surface area contributed by atoms with Crippen LogP contribution in [0, 0.1) is 0 Å². The van der Waals surface area contributed by atoms with Crippen molar-refractivity contribution in [3.05, 3.63) is 11.8 Å². The summed E-state index contributed by atoms with van der Waals surface area (Å²) in [6.45, 7) is 0. The highest BCUT2D eigenvalue weighted by molar-refractivity contribution is 7.97.